The average Bonchev–Trinajstić information content (AvgIpc) is 2.99. The third-order valence-electron chi connectivity index (χ3n) is 3.30. The molecule has 0 saturated heterocycles. The van der Waals surface area contributed by atoms with Gasteiger partial charge in [0.2, 0.25) is 0 Å². The third-order valence-corrected chi connectivity index (χ3v) is 4.24. The van der Waals surface area contributed by atoms with Crippen molar-refractivity contribution >= 4 is 11.3 Å². The van der Waals surface area contributed by atoms with E-state index in [4.69, 9.17) is 10.5 Å². The third kappa shape index (κ3) is 4.66. The molecule has 3 heteroatoms. The molecule has 0 amide bonds. The molecule has 1 heterocycles. The molecule has 2 rings (SSSR count). The monoisotopic (exact) mass is 289 g/mol. The molecule has 1 unspecified atom stereocenters. The Morgan fingerprint density at radius 3 is 2.65 bits per heavy atom. The zero-order valence-electron chi connectivity index (χ0n) is 12.0. The van der Waals surface area contributed by atoms with Crippen LogP contribution in [0.3, 0.4) is 0 Å². The highest BCUT2D eigenvalue weighted by atomic mass is 32.1. The molecule has 0 aliphatic rings. The van der Waals surface area contributed by atoms with Crippen LogP contribution >= 0.6 is 11.3 Å². The number of aryl methyl sites for hydroxylation is 1. The quantitative estimate of drug-likeness (QED) is 0.773. The molecule has 0 spiro atoms. The van der Waals surface area contributed by atoms with Crippen molar-refractivity contribution < 1.29 is 4.74 Å². The Balaban J connectivity index is 1.78. The number of nitrogens with two attached hydrogens (primary N) is 1. The van der Waals surface area contributed by atoms with Gasteiger partial charge in [-0.15, -0.1) is 11.3 Å². The fraction of sp³-hybridized carbons (Fsp3) is 0.412. The standard InChI is InChI=1S/C17H23NOS/c1-2-12-19-15-10-8-14(9-11-15)17(18)7-3-5-16-6-4-13-20-16/h4,6,8-11,13,17H,2-3,5,7,12,18H2,1H3. The normalized spacial score (nSPS) is 12.3. The van der Waals surface area contributed by atoms with Crippen LogP contribution in [0, 0.1) is 0 Å². The Labute approximate surface area is 125 Å². The second-order valence-electron chi connectivity index (χ2n) is 5.00. The van der Waals surface area contributed by atoms with Gasteiger partial charge in [-0.3, -0.25) is 0 Å². The van der Waals surface area contributed by atoms with Crippen molar-refractivity contribution in [3.63, 3.8) is 0 Å². The largest absolute Gasteiger partial charge is 0.494 e. The molecule has 2 aromatic rings. The van der Waals surface area contributed by atoms with Crippen molar-refractivity contribution in [2.45, 2.75) is 38.6 Å². The summed E-state index contributed by atoms with van der Waals surface area (Å²) in [4.78, 5) is 1.44. The fourth-order valence-corrected chi connectivity index (χ4v) is 2.90. The van der Waals surface area contributed by atoms with Crippen LogP contribution in [0.4, 0.5) is 0 Å². The van der Waals surface area contributed by atoms with Crippen molar-refractivity contribution in [1.82, 2.24) is 0 Å². The lowest BCUT2D eigenvalue weighted by Crippen LogP contribution is -2.10. The fourth-order valence-electron chi connectivity index (χ4n) is 2.15. The topological polar surface area (TPSA) is 35.2 Å². The first kappa shape index (κ1) is 15.1. The highest BCUT2D eigenvalue weighted by Crippen LogP contribution is 2.21. The number of hydrogen-bond donors (Lipinski definition) is 1. The molecule has 0 aliphatic heterocycles. The average molecular weight is 289 g/mol. The van der Waals surface area contributed by atoms with Crippen molar-refractivity contribution in [2.75, 3.05) is 6.61 Å². The maximum atomic E-state index is 6.25. The van der Waals surface area contributed by atoms with Gasteiger partial charge in [-0.05, 0) is 54.8 Å². The molecular weight excluding hydrogens is 266 g/mol. The predicted octanol–water partition coefficient (Wildman–Crippen LogP) is 4.56. The molecule has 1 aromatic carbocycles. The minimum Gasteiger partial charge on any atom is -0.494 e. The van der Waals surface area contributed by atoms with Crippen LogP contribution in [0.1, 0.15) is 42.7 Å². The van der Waals surface area contributed by atoms with E-state index in [0.29, 0.717) is 0 Å². The molecule has 2 N–H and O–H groups in total. The molecule has 2 nitrogen and oxygen atoms in total. The van der Waals surface area contributed by atoms with E-state index in [1.165, 1.54) is 10.4 Å². The van der Waals surface area contributed by atoms with Gasteiger partial charge in [0, 0.05) is 10.9 Å². The molecule has 1 atom stereocenters. The minimum absolute atomic E-state index is 0.121. The Morgan fingerprint density at radius 1 is 1.20 bits per heavy atom. The molecule has 0 saturated carbocycles. The van der Waals surface area contributed by atoms with Crippen LogP contribution in [-0.4, -0.2) is 6.61 Å². The van der Waals surface area contributed by atoms with Crippen molar-refractivity contribution in [2.24, 2.45) is 5.73 Å². The van der Waals surface area contributed by atoms with E-state index in [2.05, 4.69) is 36.6 Å². The van der Waals surface area contributed by atoms with Gasteiger partial charge in [-0.25, -0.2) is 0 Å². The number of ether oxygens (including phenoxy) is 1. The van der Waals surface area contributed by atoms with Crippen LogP contribution in [0.5, 0.6) is 5.75 Å². The summed E-state index contributed by atoms with van der Waals surface area (Å²) in [5, 5.41) is 2.13. The van der Waals surface area contributed by atoms with E-state index in [1.807, 2.05) is 23.5 Å². The predicted molar refractivity (Wildman–Crippen MR) is 86.4 cm³/mol. The summed E-state index contributed by atoms with van der Waals surface area (Å²) >= 11 is 1.82. The smallest absolute Gasteiger partial charge is 0.119 e. The van der Waals surface area contributed by atoms with Crippen molar-refractivity contribution in [1.29, 1.82) is 0 Å². The molecule has 0 bridgehead atoms. The van der Waals surface area contributed by atoms with E-state index in [-0.39, 0.29) is 6.04 Å². The van der Waals surface area contributed by atoms with Gasteiger partial charge in [-0.2, -0.15) is 0 Å². The highest BCUT2D eigenvalue weighted by molar-refractivity contribution is 7.09. The van der Waals surface area contributed by atoms with Crippen LogP contribution < -0.4 is 10.5 Å². The second-order valence-corrected chi connectivity index (χ2v) is 6.03. The Bertz CT molecular complexity index is 478. The van der Waals surface area contributed by atoms with Gasteiger partial charge in [0.05, 0.1) is 6.61 Å². The number of thiophene rings is 1. The molecule has 108 valence electrons. The summed E-state index contributed by atoms with van der Waals surface area (Å²) < 4.78 is 5.58. The van der Waals surface area contributed by atoms with Crippen LogP contribution in [-0.2, 0) is 6.42 Å². The van der Waals surface area contributed by atoms with E-state index >= 15 is 0 Å². The van der Waals surface area contributed by atoms with Gasteiger partial charge in [-0.1, -0.05) is 25.1 Å². The first-order chi connectivity index (χ1) is 9.79. The molecule has 20 heavy (non-hydrogen) atoms. The van der Waals surface area contributed by atoms with Gasteiger partial charge >= 0.3 is 0 Å². The second kappa shape index (κ2) is 8.08. The molecule has 0 radical (unpaired) electrons. The lowest BCUT2D eigenvalue weighted by Gasteiger charge is -2.12. The lowest BCUT2D eigenvalue weighted by molar-refractivity contribution is 0.317. The van der Waals surface area contributed by atoms with Crippen LogP contribution in [0.2, 0.25) is 0 Å². The molecule has 0 fully saturated rings. The summed E-state index contributed by atoms with van der Waals surface area (Å²) in [6.45, 7) is 2.88. The van der Waals surface area contributed by atoms with E-state index < -0.39 is 0 Å². The van der Waals surface area contributed by atoms with Gasteiger partial charge < -0.3 is 10.5 Å². The number of hydrogen-bond acceptors (Lipinski definition) is 3. The first-order valence-corrected chi connectivity index (χ1v) is 8.18. The Morgan fingerprint density at radius 2 is 2.00 bits per heavy atom. The van der Waals surface area contributed by atoms with Gasteiger partial charge in [0.25, 0.3) is 0 Å². The first-order valence-electron chi connectivity index (χ1n) is 7.30. The summed E-state index contributed by atoms with van der Waals surface area (Å²) in [5.74, 6) is 0.932. The molecule has 0 aliphatic carbocycles. The number of rotatable bonds is 8. The summed E-state index contributed by atoms with van der Waals surface area (Å²) in [6.07, 6.45) is 4.32. The minimum atomic E-state index is 0.121. The SMILES string of the molecule is CCCOc1ccc(C(N)CCCc2cccs2)cc1. The summed E-state index contributed by atoms with van der Waals surface area (Å²) in [7, 11) is 0. The van der Waals surface area contributed by atoms with E-state index in [0.717, 1.165) is 38.0 Å². The molecule has 1 aromatic heterocycles. The van der Waals surface area contributed by atoms with Gasteiger partial charge in [0.1, 0.15) is 5.75 Å². The summed E-state index contributed by atoms with van der Waals surface area (Å²) in [5.41, 5.74) is 7.44. The van der Waals surface area contributed by atoms with Crippen LogP contribution in [0.25, 0.3) is 0 Å². The van der Waals surface area contributed by atoms with Crippen molar-refractivity contribution in [3.8, 4) is 5.75 Å². The van der Waals surface area contributed by atoms with E-state index in [9.17, 15) is 0 Å². The summed E-state index contributed by atoms with van der Waals surface area (Å²) in [6, 6.07) is 12.6. The Kier molecular flexibility index (Phi) is 6.09. The van der Waals surface area contributed by atoms with E-state index in [1.54, 1.807) is 0 Å². The maximum Gasteiger partial charge on any atom is 0.119 e. The maximum absolute atomic E-state index is 6.25. The Hall–Kier alpha value is -1.32. The van der Waals surface area contributed by atoms with Crippen LogP contribution in [0.15, 0.2) is 41.8 Å². The van der Waals surface area contributed by atoms with Crippen molar-refractivity contribution in [3.05, 3.63) is 52.2 Å². The highest BCUT2D eigenvalue weighted by Gasteiger charge is 2.06. The zero-order chi connectivity index (χ0) is 14.2. The van der Waals surface area contributed by atoms with Gasteiger partial charge in [0.15, 0.2) is 0 Å². The lowest BCUT2D eigenvalue weighted by atomic mass is 10.0. The number of benzene rings is 1. The molecular formula is C17H23NOS. The zero-order valence-corrected chi connectivity index (χ0v) is 12.9.